The average Bonchev–Trinajstić information content (AvgIpc) is 3.38. The summed E-state index contributed by atoms with van der Waals surface area (Å²) in [5, 5.41) is 44.4. The van der Waals surface area contributed by atoms with Gasteiger partial charge in [0.25, 0.3) is 0 Å². The molecule has 0 radical (unpaired) electrons. The summed E-state index contributed by atoms with van der Waals surface area (Å²) in [6.45, 7) is 2.25. The van der Waals surface area contributed by atoms with Gasteiger partial charge in [0.1, 0.15) is 95.1 Å². The zero-order valence-corrected chi connectivity index (χ0v) is 40.0. The first-order valence-corrected chi connectivity index (χ1v) is 24.9. The lowest BCUT2D eigenvalue weighted by Gasteiger charge is -2.35. The lowest BCUT2D eigenvalue weighted by molar-refractivity contribution is -0.0296. The molecule has 0 fully saturated rings. The Morgan fingerprint density at radius 1 is 0.375 bits per heavy atom. The molecule has 6 aromatic carbocycles. The standard InChI is InChI=1S/2C29H31F2NO4/c2*30-22-8-12-26-20(14-22)6-10-28(35-26)24(33)17-32(16-19-4-2-1-3-5-19)18-25(34)29-11-7-21-15-23(31)9-13-27(21)36-29/h2*1-5,8-9,12-15,24-25,28-29,33-34H,6-7,10-11,16-18H2/t2*24-,25-,28-,29+/m10/s1. The van der Waals surface area contributed by atoms with E-state index in [2.05, 4.69) is 0 Å². The molecule has 72 heavy (non-hydrogen) atoms. The second-order valence-corrected chi connectivity index (χ2v) is 19.4. The highest BCUT2D eigenvalue weighted by atomic mass is 19.1. The molecule has 14 heteroatoms. The van der Waals surface area contributed by atoms with E-state index in [0.29, 0.717) is 114 Å². The van der Waals surface area contributed by atoms with Crippen LogP contribution in [0, 0.1) is 23.3 Å². The molecule has 10 rings (SSSR count). The van der Waals surface area contributed by atoms with E-state index < -0.39 is 48.8 Å². The number of benzene rings is 6. The number of nitrogens with zero attached hydrogens (tertiary/aromatic N) is 2. The summed E-state index contributed by atoms with van der Waals surface area (Å²) in [6, 6.07) is 37.6. The number of aliphatic hydroxyl groups is 4. The topological polar surface area (TPSA) is 124 Å². The van der Waals surface area contributed by atoms with E-state index in [1.54, 1.807) is 24.3 Å². The van der Waals surface area contributed by atoms with Crippen molar-refractivity contribution in [3.63, 3.8) is 0 Å². The molecule has 0 bridgehead atoms. The molecule has 0 amide bonds. The Kier molecular flexibility index (Phi) is 16.8. The van der Waals surface area contributed by atoms with Crippen LogP contribution in [0.25, 0.3) is 0 Å². The lowest BCUT2D eigenvalue weighted by Crippen LogP contribution is -2.48. The minimum atomic E-state index is -0.796. The average molecular weight is 991 g/mol. The summed E-state index contributed by atoms with van der Waals surface area (Å²) in [7, 11) is 0. The number of hydrogen-bond acceptors (Lipinski definition) is 10. The van der Waals surface area contributed by atoms with Crippen molar-refractivity contribution < 1.29 is 56.9 Å². The number of fused-ring (bicyclic) bond motifs is 4. The zero-order chi connectivity index (χ0) is 50.1. The van der Waals surface area contributed by atoms with E-state index >= 15 is 0 Å². The molecule has 4 heterocycles. The highest BCUT2D eigenvalue weighted by molar-refractivity contribution is 5.39. The fourth-order valence-electron chi connectivity index (χ4n) is 10.2. The van der Waals surface area contributed by atoms with E-state index in [4.69, 9.17) is 18.9 Å². The minimum Gasteiger partial charge on any atom is -0.487 e. The molecule has 0 saturated carbocycles. The van der Waals surface area contributed by atoms with Crippen molar-refractivity contribution in [3.05, 3.63) is 190 Å². The van der Waals surface area contributed by atoms with Crippen molar-refractivity contribution >= 4 is 0 Å². The summed E-state index contributed by atoms with van der Waals surface area (Å²) in [5.41, 5.74) is 5.36. The molecular weight excluding hydrogens is 929 g/mol. The van der Waals surface area contributed by atoms with Crippen LogP contribution in [0.5, 0.6) is 23.0 Å². The summed E-state index contributed by atoms with van der Waals surface area (Å²) in [5.74, 6) is 1.24. The van der Waals surface area contributed by atoms with Crippen LogP contribution in [0.4, 0.5) is 17.6 Å². The molecule has 0 aromatic heterocycles. The summed E-state index contributed by atoms with van der Waals surface area (Å²) < 4.78 is 78.2. The lowest BCUT2D eigenvalue weighted by atomic mass is 9.97. The first-order valence-electron chi connectivity index (χ1n) is 24.9. The van der Waals surface area contributed by atoms with Gasteiger partial charge in [-0.3, -0.25) is 9.80 Å². The molecule has 4 aliphatic rings. The molecule has 380 valence electrons. The largest absolute Gasteiger partial charge is 0.487 e. The van der Waals surface area contributed by atoms with Crippen LogP contribution < -0.4 is 18.9 Å². The molecule has 0 unspecified atom stereocenters. The van der Waals surface area contributed by atoms with Gasteiger partial charge in [-0.15, -0.1) is 0 Å². The van der Waals surface area contributed by atoms with Crippen molar-refractivity contribution in [3.8, 4) is 23.0 Å². The summed E-state index contributed by atoms with van der Waals surface area (Å²) in [6.07, 6.45) is -0.0334. The first kappa shape index (κ1) is 50.9. The zero-order valence-electron chi connectivity index (χ0n) is 40.0. The number of hydrogen-bond donors (Lipinski definition) is 4. The van der Waals surface area contributed by atoms with Gasteiger partial charge in [-0.2, -0.15) is 0 Å². The second kappa shape index (κ2) is 23.7. The van der Waals surface area contributed by atoms with Crippen molar-refractivity contribution in [2.24, 2.45) is 0 Å². The Labute approximate surface area is 418 Å². The second-order valence-electron chi connectivity index (χ2n) is 19.4. The van der Waals surface area contributed by atoms with Crippen LogP contribution in [0.2, 0.25) is 0 Å². The molecule has 0 spiro atoms. The van der Waals surface area contributed by atoms with Crippen molar-refractivity contribution in [2.45, 2.75) is 113 Å². The Morgan fingerprint density at radius 2 is 0.625 bits per heavy atom. The van der Waals surface area contributed by atoms with Crippen LogP contribution >= 0.6 is 0 Å². The number of rotatable bonds is 16. The molecular formula is C58H62F4N2O8. The number of ether oxygens (including phenoxy) is 4. The van der Waals surface area contributed by atoms with E-state index in [-0.39, 0.29) is 23.3 Å². The van der Waals surface area contributed by atoms with Gasteiger partial charge in [0.15, 0.2) is 0 Å². The van der Waals surface area contributed by atoms with Gasteiger partial charge in [0.2, 0.25) is 0 Å². The highest BCUT2D eigenvalue weighted by Crippen LogP contribution is 2.34. The Bertz CT molecular complexity index is 2390. The predicted molar refractivity (Wildman–Crippen MR) is 264 cm³/mol. The maximum absolute atomic E-state index is 13.5. The third-order valence-corrected chi connectivity index (χ3v) is 14.0. The Balaban J connectivity index is 0.000000178. The number of halogens is 4. The van der Waals surface area contributed by atoms with Gasteiger partial charge < -0.3 is 39.4 Å². The van der Waals surface area contributed by atoms with E-state index in [0.717, 1.165) is 33.4 Å². The highest BCUT2D eigenvalue weighted by Gasteiger charge is 2.34. The van der Waals surface area contributed by atoms with E-state index in [9.17, 15) is 38.0 Å². The van der Waals surface area contributed by atoms with Crippen LogP contribution in [-0.4, -0.2) is 105 Å². The fourth-order valence-corrected chi connectivity index (χ4v) is 10.2. The monoisotopic (exact) mass is 990 g/mol. The van der Waals surface area contributed by atoms with Crippen LogP contribution in [0.15, 0.2) is 133 Å². The summed E-state index contributed by atoms with van der Waals surface area (Å²) >= 11 is 0. The molecule has 0 aliphatic carbocycles. The molecule has 6 aromatic rings. The quantitative estimate of drug-likeness (QED) is 0.0702. The van der Waals surface area contributed by atoms with Crippen LogP contribution in [0.1, 0.15) is 59.1 Å². The van der Waals surface area contributed by atoms with Crippen molar-refractivity contribution in [1.82, 2.24) is 9.80 Å². The van der Waals surface area contributed by atoms with Crippen molar-refractivity contribution in [1.29, 1.82) is 0 Å². The van der Waals surface area contributed by atoms with Gasteiger partial charge in [-0.1, -0.05) is 60.7 Å². The van der Waals surface area contributed by atoms with Crippen LogP contribution in [0.3, 0.4) is 0 Å². The normalized spacial score (nSPS) is 20.6. The first-order chi connectivity index (χ1) is 34.9. The number of aryl methyl sites for hydroxylation is 4. The smallest absolute Gasteiger partial charge is 0.126 e. The van der Waals surface area contributed by atoms with Gasteiger partial charge in [-0.25, -0.2) is 17.6 Å². The maximum atomic E-state index is 13.5. The fraction of sp³-hybridized carbons (Fsp3) is 0.379. The Hall–Kier alpha value is -6.00. The van der Waals surface area contributed by atoms with E-state index in [1.165, 1.54) is 48.5 Å². The third kappa shape index (κ3) is 13.3. The molecule has 4 aliphatic heterocycles. The number of aliphatic hydroxyl groups excluding tert-OH is 4. The molecule has 10 nitrogen and oxygen atoms in total. The van der Waals surface area contributed by atoms with Crippen LogP contribution in [-0.2, 0) is 38.8 Å². The van der Waals surface area contributed by atoms with Gasteiger partial charge >= 0.3 is 0 Å². The molecule has 4 N–H and O–H groups in total. The van der Waals surface area contributed by atoms with Gasteiger partial charge in [0, 0.05) is 39.3 Å². The SMILES string of the molecule is O[C@@H](CN(Cc1ccccc1)C[C@H](O)[C@H]1CCc2cc(F)ccc2O1)[C@@H]1CCc2cc(F)ccc2O1.O[C@H](CN(Cc1ccccc1)C[C@@H](O)[C@H]1CCc2cc(F)ccc2O1)[C@@H]1CCc2cc(F)ccc2O1. The molecule has 8 atom stereocenters. The third-order valence-electron chi connectivity index (χ3n) is 14.0. The van der Waals surface area contributed by atoms with Crippen molar-refractivity contribution in [2.75, 3.05) is 26.2 Å². The maximum Gasteiger partial charge on any atom is 0.126 e. The van der Waals surface area contributed by atoms with E-state index in [1.807, 2.05) is 70.5 Å². The van der Waals surface area contributed by atoms with Gasteiger partial charge in [0.05, 0.1) is 0 Å². The Morgan fingerprint density at radius 3 is 0.875 bits per heavy atom. The minimum absolute atomic E-state index is 0.293. The summed E-state index contributed by atoms with van der Waals surface area (Å²) in [4.78, 5) is 4.02. The molecule has 0 saturated heterocycles. The predicted octanol–water partition coefficient (Wildman–Crippen LogP) is 8.55. The van der Waals surface area contributed by atoms with Gasteiger partial charge in [-0.05, 0) is 158 Å².